The molecule has 1 heterocycles. The Morgan fingerprint density at radius 2 is 2.17 bits per heavy atom. The number of halogens is 2. The van der Waals surface area contributed by atoms with E-state index in [0.29, 0.717) is 15.7 Å². The topological polar surface area (TPSA) is 78.9 Å². The van der Waals surface area contributed by atoms with Crippen LogP contribution in [0.3, 0.4) is 0 Å². The quantitative estimate of drug-likeness (QED) is 0.918. The van der Waals surface area contributed by atoms with Gasteiger partial charge in [-0.15, -0.1) is 0 Å². The van der Waals surface area contributed by atoms with Crippen LogP contribution in [0.25, 0.3) is 5.69 Å². The van der Waals surface area contributed by atoms with Crippen molar-refractivity contribution in [3.8, 4) is 11.8 Å². The molecule has 0 radical (unpaired) electrons. The van der Waals surface area contributed by atoms with Gasteiger partial charge in [-0.25, -0.2) is 9.48 Å². The molecule has 7 heteroatoms. The van der Waals surface area contributed by atoms with Gasteiger partial charge in [0.05, 0.1) is 10.7 Å². The average molecular weight is 282 g/mol. The van der Waals surface area contributed by atoms with Gasteiger partial charge in [-0.1, -0.05) is 23.2 Å². The number of benzene rings is 1. The van der Waals surface area contributed by atoms with Crippen molar-refractivity contribution < 1.29 is 9.90 Å². The maximum atomic E-state index is 10.9. The molecule has 0 aliphatic heterocycles. The third kappa shape index (κ3) is 2.16. The first-order valence-corrected chi connectivity index (χ1v) is 5.47. The molecule has 5 nitrogen and oxygen atoms in total. The number of carbonyl (C=O) groups is 1. The smallest absolute Gasteiger partial charge is 0.357 e. The molecule has 0 unspecified atom stereocenters. The average Bonchev–Trinajstić information content (AvgIpc) is 2.73. The number of aromatic carboxylic acids is 1. The SMILES string of the molecule is N#Cc1cn(-c2ccc(Cl)cc2Cl)nc1C(=O)O. The first-order valence-electron chi connectivity index (χ1n) is 4.71. The standard InChI is InChI=1S/C11H5Cl2N3O2/c12-7-1-2-9(8(13)3-7)16-5-6(4-14)10(15-16)11(17)18/h1-3,5H,(H,17,18). The highest BCUT2D eigenvalue weighted by Crippen LogP contribution is 2.24. The second-order valence-corrected chi connectivity index (χ2v) is 4.19. The van der Waals surface area contributed by atoms with Crippen molar-refractivity contribution in [1.82, 2.24) is 9.78 Å². The minimum Gasteiger partial charge on any atom is -0.476 e. The fraction of sp³-hybridized carbons (Fsp3) is 0. The van der Waals surface area contributed by atoms with E-state index < -0.39 is 5.97 Å². The summed E-state index contributed by atoms with van der Waals surface area (Å²) in [4.78, 5) is 10.9. The molecular weight excluding hydrogens is 277 g/mol. The van der Waals surface area contributed by atoms with E-state index in [1.165, 1.54) is 16.9 Å². The van der Waals surface area contributed by atoms with Crippen molar-refractivity contribution >= 4 is 29.2 Å². The lowest BCUT2D eigenvalue weighted by Gasteiger charge is -2.03. The van der Waals surface area contributed by atoms with E-state index in [9.17, 15) is 4.79 Å². The summed E-state index contributed by atoms with van der Waals surface area (Å²) in [5.74, 6) is -1.27. The summed E-state index contributed by atoms with van der Waals surface area (Å²) < 4.78 is 1.24. The molecule has 0 atom stereocenters. The van der Waals surface area contributed by atoms with Crippen molar-refractivity contribution in [2.45, 2.75) is 0 Å². The predicted octanol–water partition coefficient (Wildman–Crippen LogP) is 2.75. The number of rotatable bonds is 2. The molecule has 0 saturated heterocycles. The zero-order valence-electron chi connectivity index (χ0n) is 8.76. The molecule has 0 amide bonds. The van der Waals surface area contributed by atoms with Gasteiger partial charge in [0.15, 0.2) is 5.69 Å². The zero-order chi connectivity index (χ0) is 13.3. The molecule has 1 N–H and O–H groups in total. The van der Waals surface area contributed by atoms with Crippen molar-refractivity contribution in [1.29, 1.82) is 5.26 Å². The first-order chi connectivity index (χ1) is 8.52. The van der Waals surface area contributed by atoms with E-state index in [2.05, 4.69) is 5.10 Å². The van der Waals surface area contributed by atoms with Gasteiger partial charge < -0.3 is 5.11 Å². The van der Waals surface area contributed by atoms with Crippen LogP contribution in [-0.2, 0) is 0 Å². The van der Waals surface area contributed by atoms with Crippen LogP contribution in [0.4, 0.5) is 0 Å². The fourth-order valence-electron chi connectivity index (χ4n) is 1.40. The summed E-state index contributed by atoms with van der Waals surface area (Å²) in [6.07, 6.45) is 1.30. The van der Waals surface area contributed by atoms with Crippen molar-refractivity contribution in [2.75, 3.05) is 0 Å². The number of carboxylic acids is 1. The summed E-state index contributed by atoms with van der Waals surface area (Å²) in [6, 6.07) is 6.45. The Morgan fingerprint density at radius 3 is 2.67 bits per heavy atom. The lowest BCUT2D eigenvalue weighted by molar-refractivity contribution is 0.0689. The molecule has 0 aliphatic carbocycles. The Balaban J connectivity index is 2.59. The Bertz CT molecular complexity index is 673. The minimum absolute atomic E-state index is 0.0338. The van der Waals surface area contributed by atoms with Gasteiger partial charge in [0, 0.05) is 11.2 Å². The van der Waals surface area contributed by atoms with Gasteiger partial charge in [0.1, 0.15) is 11.6 Å². The normalized spacial score (nSPS) is 10.1. The van der Waals surface area contributed by atoms with E-state index in [0.717, 1.165) is 0 Å². The van der Waals surface area contributed by atoms with Crippen LogP contribution in [0, 0.1) is 11.3 Å². The maximum Gasteiger partial charge on any atom is 0.357 e. The predicted molar refractivity (Wildman–Crippen MR) is 65.3 cm³/mol. The molecular formula is C11H5Cl2N3O2. The molecule has 0 bridgehead atoms. The minimum atomic E-state index is -1.27. The first kappa shape index (κ1) is 12.4. The van der Waals surface area contributed by atoms with Gasteiger partial charge in [0.2, 0.25) is 0 Å². The molecule has 0 saturated carbocycles. The van der Waals surface area contributed by atoms with Gasteiger partial charge in [-0.3, -0.25) is 0 Å². The third-order valence-corrected chi connectivity index (χ3v) is 2.73. The van der Waals surface area contributed by atoms with Crippen molar-refractivity contribution in [3.63, 3.8) is 0 Å². The number of nitrogens with zero attached hydrogens (tertiary/aromatic N) is 3. The van der Waals surface area contributed by atoms with Gasteiger partial charge in [0.25, 0.3) is 0 Å². The van der Waals surface area contributed by atoms with E-state index in [1.807, 2.05) is 0 Å². The number of carboxylic acid groups (broad SMARTS) is 1. The number of nitriles is 1. The molecule has 90 valence electrons. The second kappa shape index (κ2) is 4.69. The molecule has 18 heavy (non-hydrogen) atoms. The van der Waals surface area contributed by atoms with Gasteiger partial charge in [-0.05, 0) is 18.2 Å². The number of hydrogen-bond acceptors (Lipinski definition) is 3. The highest BCUT2D eigenvalue weighted by molar-refractivity contribution is 6.35. The zero-order valence-corrected chi connectivity index (χ0v) is 10.3. The highest BCUT2D eigenvalue weighted by Gasteiger charge is 2.17. The van der Waals surface area contributed by atoms with Crippen LogP contribution in [0.15, 0.2) is 24.4 Å². The molecule has 0 spiro atoms. The van der Waals surface area contributed by atoms with Gasteiger partial charge in [-0.2, -0.15) is 10.4 Å². The largest absolute Gasteiger partial charge is 0.476 e. The monoisotopic (exact) mass is 281 g/mol. The van der Waals surface area contributed by atoms with E-state index in [4.69, 9.17) is 33.6 Å². The maximum absolute atomic E-state index is 10.9. The van der Waals surface area contributed by atoms with Crippen LogP contribution < -0.4 is 0 Å². The third-order valence-electron chi connectivity index (χ3n) is 2.19. The highest BCUT2D eigenvalue weighted by atomic mass is 35.5. The van der Waals surface area contributed by atoms with Gasteiger partial charge >= 0.3 is 5.97 Å². The second-order valence-electron chi connectivity index (χ2n) is 3.35. The number of aromatic nitrogens is 2. The van der Waals surface area contributed by atoms with Crippen LogP contribution in [0.1, 0.15) is 16.1 Å². The van der Waals surface area contributed by atoms with Crippen LogP contribution >= 0.6 is 23.2 Å². The fourth-order valence-corrected chi connectivity index (χ4v) is 1.90. The molecule has 2 rings (SSSR count). The molecule has 2 aromatic rings. The molecule has 0 fully saturated rings. The molecule has 0 aliphatic rings. The van der Waals surface area contributed by atoms with E-state index >= 15 is 0 Å². The summed E-state index contributed by atoms with van der Waals surface area (Å²) in [6.45, 7) is 0. The summed E-state index contributed by atoms with van der Waals surface area (Å²) in [5.41, 5.74) is 0.0992. The Morgan fingerprint density at radius 1 is 1.44 bits per heavy atom. The summed E-state index contributed by atoms with van der Waals surface area (Å²) in [5, 5.41) is 22.3. The summed E-state index contributed by atoms with van der Waals surface area (Å²) >= 11 is 11.7. The molecule has 1 aromatic heterocycles. The number of hydrogen-bond donors (Lipinski definition) is 1. The van der Waals surface area contributed by atoms with Crippen molar-refractivity contribution in [2.24, 2.45) is 0 Å². The Labute approximate surface area is 112 Å². The van der Waals surface area contributed by atoms with Crippen LogP contribution in [-0.4, -0.2) is 20.9 Å². The summed E-state index contributed by atoms with van der Waals surface area (Å²) in [7, 11) is 0. The Kier molecular flexibility index (Phi) is 3.24. The van der Waals surface area contributed by atoms with E-state index in [-0.39, 0.29) is 11.3 Å². The molecule has 1 aromatic carbocycles. The van der Waals surface area contributed by atoms with Crippen LogP contribution in [0.5, 0.6) is 0 Å². The van der Waals surface area contributed by atoms with Crippen molar-refractivity contribution in [3.05, 3.63) is 45.7 Å². The lowest BCUT2D eigenvalue weighted by Crippen LogP contribution is -2.02. The lowest BCUT2D eigenvalue weighted by atomic mass is 10.3. The van der Waals surface area contributed by atoms with E-state index in [1.54, 1.807) is 18.2 Å². The Hall–Kier alpha value is -2.03. The van der Waals surface area contributed by atoms with Crippen LogP contribution in [0.2, 0.25) is 10.0 Å².